The molecular weight excluding hydrogens is 294 g/mol. The Kier molecular flexibility index (Phi) is 6.40. The van der Waals surface area contributed by atoms with E-state index in [-0.39, 0.29) is 11.8 Å². The number of anilines is 1. The van der Waals surface area contributed by atoms with E-state index in [2.05, 4.69) is 15.5 Å². The lowest BCUT2D eigenvalue weighted by Gasteiger charge is -2.30. The van der Waals surface area contributed by atoms with E-state index in [4.69, 9.17) is 4.74 Å². The van der Waals surface area contributed by atoms with Crippen LogP contribution in [0.25, 0.3) is 0 Å². The van der Waals surface area contributed by atoms with Crippen molar-refractivity contribution in [1.82, 2.24) is 10.6 Å². The summed E-state index contributed by atoms with van der Waals surface area (Å²) in [6.07, 6.45) is 0.867. The highest BCUT2D eigenvalue weighted by Gasteiger charge is 2.21. The quantitative estimate of drug-likeness (QED) is 0.826. The fourth-order valence-corrected chi connectivity index (χ4v) is 2.49. The number of carbonyl (C=O) groups is 2. The zero-order chi connectivity index (χ0) is 16.7. The first-order valence-electron chi connectivity index (χ1n) is 8.13. The second kappa shape index (κ2) is 8.53. The number of amides is 2. The van der Waals surface area contributed by atoms with E-state index in [0.717, 1.165) is 25.2 Å². The van der Waals surface area contributed by atoms with Crippen molar-refractivity contribution in [2.24, 2.45) is 0 Å². The van der Waals surface area contributed by atoms with Crippen LogP contribution in [0.4, 0.5) is 5.69 Å². The zero-order valence-corrected chi connectivity index (χ0v) is 13.8. The summed E-state index contributed by atoms with van der Waals surface area (Å²) in [6, 6.07) is 6.91. The van der Waals surface area contributed by atoms with E-state index < -0.39 is 6.04 Å². The van der Waals surface area contributed by atoms with Gasteiger partial charge in [-0.05, 0) is 25.5 Å². The first kappa shape index (κ1) is 17.3. The molecule has 0 aromatic heterocycles. The molecule has 1 saturated heterocycles. The van der Waals surface area contributed by atoms with Gasteiger partial charge < -0.3 is 20.3 Å². The minimum Gasteiger partial charge on any atom is -0.378 e. The number of carbonyl (C=O) groups excluding carboxylic acids is 2. The minimum absolute atomic E-state index is 0.163. The van der Waals surface area contributed by atoms with Crippen molar-refractivity contribution in [1.29, 1.82) is 0 Å². The first-order valence-corrected chi connectivity index (χ1v) is 8.13. The van der Waals surface area contributed by atoms with Gasteiger partial charge in [-0.3, -0.25) is 9.59 Å². The molecule has 23 heavy (non-hydrogen) atoms. The Morgan fingerprint density at radius 3 is 2.65 bits per heavy atom. The fourth-order valence-electron chi connectivity index (χ4n) is 2.49. The number of nitrogens with one attached hydrogen (secondary N) is 2. The van der Waals surface area contributed by atoms with E-state index >= 15 is 0 Å². The SMILES string of the molecule is CCCNC(=O)[C@H](C)NC(=O)c1ccccc1N1CCOCC1. The molecule has 0 spiro atoms. The summed E-state index contributed by atoms with van der Waals surface area (Å²) < 4.78 is 5.36. The van der Waals surface area contributed by atoms with Gasteiger partial charge >= 0.3 is 0 Å². The van der Waals surface area contributed by atoms with Gasteiger partial charge in [-0.1, -0.05) is 19.1 Å². The van der Waals surface area contributed by atoms with Crippen LogP contribution in [0.1, 0.15) is 30.6 Å². The summed E-state index contributed by atoms with van der Waals surface area (Å²) >= 11 is 0. The standard InChI is InChI=1S/C17H25N3O3/c1-3-8-18-16(21)13(2)19-17(22)14-6-4-5-7-15(14)20-9-11-23-12-10-20/h4-7,13H,3,8-12H2,1-2H3,(H,18,21)(H,19,22)/t13-/m0/s1. The highest BCUT2D eigenvalue weighted by atomic mass is 16.5. The summed E-state index contributed by atoms with van der Waals surface area (Å²) in [7, 11) is 0. The van der Waals surface area contributed by atoms with Crippen molar-refractivity contribution in [3.8, 4) is 0 Å². The molecule has 1 aliphatic rings. The van der Waals surface area contributed by atoms with Crippen LogP contribution in [0.3, 0.4) is 0 Å². The van der Waals surface area contributed by atoms with Crippen molar-refractivity contribution in [2.45, 2.75) is 26.3 Å². The van der Waals surface area contributed by atoms with E-state index in [1.807, 2.05) is 25.1 Å². The monoisotopic (exact) mass is 319 g/mol. The molecule has 1 aromatic rings. The number of ether oxygens (including phenoxy) is 1. The number of hydrogen-bond acceptors (Lipinski definition) is 4. The van der Waals surface area contributed by atoms with E-state index in [1.165, 1.54) is 0 Å². The molecule has 1 fully saturated rings. The summed E-state index contributed by atoms with van der Waals surface area (Å²) in [5.74, 6) is -0.393. The topological polar surface area (TPSA) is 70.7 Å². The highest BCUT2D eigenvalue weighted by molar-refractivity contribution is 6.01. The second-order valence-electron chi connectivity index (χ2n) is 5.60. The van der Waals surface area contributed by atoms with Gasteiger partial charge in [-0.15, -0.1) is 0 Å². The van der Waals surface area contributed by atoms with Crippen LogP contribution in [0.5, 0.6) is 0 Å². The van der Waals surface area contributed by atoms with Gasteiger partial charge in [0.15, 0.2) is 0 Å². The maximum absolute atomic E-state index is 12.5. The molecule has 2 rings (SSSR count). The molecule has 1 heterocycles. The molecule has 0 radical (unpaired) electrons. The molecular formula is C17H25N3O3. The Hall–Kier alpha value is -2.08. The van der Waals surface area contributed by atoms with Crippen LogP contribution in [-0.4, -0.2) is 50.7 Å². The second-order valence-corrected chi connectivity index (χ2v) is 5.60. The highest BCUT2D eigenvalue weighted by Crippen LogP contribution is 2.21. The third-order valence-corrected chi connectivity index (χ3v) is 3.79. The van der Waals surface area contributed by atoms with Crippen LogP contribution >= 0.6 is 0 Å². The van der Waals surface area contributed by atoms with Gasteiger partial charge in [0.25, 0.3) is 5.91 Å². The summed E-state index contributed by atoms with van der Waals surface area (Å²) in [5, 5.41) is 5.56. The number of morpholine rings is 1. The molecule has 6 nitrogen and oxygen atoms in total. The van der Waals surface area contributed by atoms with Gasteiger partial charge in [0.2, 0.25) is 5.91 Å². The number of rotatable bonds is 6. The van der Waals surface area contributed by atoms with Gasteiger partial charge in [-0.2, -0.15) is 0 Å². The van der Waals surface area contributed by atoms with Crippen LogP contribution in [-0.2, 0) is 9.53 Å². The van der Waals surface area contributed by atoms with Gasteiger partial charge in [0, 0.05) is 25.3 Å². The molecule has 0 saturated carbocycles. The summed E-state index contributed by atoms with van der Waals surface area (Å²) in [6.45, 7) is 7.14. The molecule has 2 amide bonds. The third-order valence-electron chi connectivity index (χ3n) is 3.79. The predicted octanol–water partition coefficient (Wildman–Crippen LogP) is 1.17. The smallest absolute Gasteiger partial charge is 0.254 e. The number of hydrogen-bond donors (Lipinski definition) is 2. The largest absolute Gasteiger partial charge is 0.378 e. The van der Waals surface area contributed by atoms with Crippen LogP contribution < -0.4 is 15.5 Å². The molecule has 0 aliphatic carbocycles. The Balaban J connectivity index is 2.05. The van der Waals surface area contributed by atoms with E-state index in [1.54, 1.807) is 13.0 Å². The predicted molar refractivity (Wildman–Crippen MR) is 89.7 cm³/mol. The lowest BCUT2D eigenvalue weighted by Crippen LogP contribution is -2.45. The van der Waals surface area contributed by atoms with Crippen molar-refractivity contribution < 1.29 is 14.3 Å². The lowest BCUT2D eigenvalue weighted by molar-refractivity contribution is -0.122. The molecule has 6 heteroatoms. The maximum atomic E-state index is 12.5. The van der Waals surface area contributed by atoms with Crippen LogP contribution in [0, 0.1) is 0 Å². The molecule has 1 aliphatic heterocycles. The summed E-state index contributed by atoms with van der Waals surface area (Å²) in [4.78, 5) is 26.6. The van der Waals surface area contributed by atoms with Crippen molar-refractivity contribution in [2.75, 3.05) is 37.7 Å². The number of benzene rings is 1. The van der Waals surface area contributed by atoms with E-state index in [9.17, 15) is 9.59 Å². The normalized spacial score (nSPS) is 15.8. The van der Waals surface area contributed by atoms with Gasteiger partial charge in [0.1, 0.15) is 6.04 Å². The summed E-state index contributed by atoms with van der Waals surface area (Å²) in [5.41, 5.74) is 1.47. The molecule has 0 unspecified atom stereocenters. The average Bonchev–Trinajstić information content (AvgIpc) is 2.60. The maximum Gasteiger partial charge on any atom is 0.254 e. The van der Waals surface area contributed by atoms with Crippen molar-refractivity contribution in [3.05, 3.63) is 29.8 Å². The number of para-hydroxylation sites is 1. The molecule has 1 atom stereocenters. The first-order chi connectivity index (χ1) is 11.1. The molecule has 126 valence electrons. The molecule has 1 aromatic carbocycles. The van der Waals surface area contributed by atoms with E-state index in [0.29, 0.717) is 25.3 Å². The lowest BCUT2D eigenvalue weighted by atomic mass is 10.1. The fraction of sp³-hybridized carbons (Fsp3) is 0.529. The molecule has 2 N–H and O–H groups in total. The number of nitrogens with zero attached hydrogens (tertiary/aromatic N) is 1. The van der Waals surface area contributed by atoms with Crippen LogP contribution in [0.15, 0.2) is 24.3 Å². The van der Waals surface area contributed by atoms with Crippen molar-refractivity contribution >= 4 is 17.5 Å². The Labute approximate surface area is 137 Å². The minimum atomic E-state index is -0.563. The Morgan fingerprint density at radius 1 is 1.26 bits per heavy atom. The Morgan fingerprint density at radius 2 is 1.96 bits per heavy atom. The average molecular weight is 319 g/mol. The molecule has 0 bridgehead atoms. The Bertz CT molecular complexity index is 542. The third kappa shape index (κ3) is 4.69. The van der Waals surface area contributed by atoms with Crippen LogP contribution in [0.2, 0.25) is 0 Å². The van der Waals surface area contributed by atoms with Gasteiger partial charge in [-0.25, -0.2) is 0 Å². The van der Waals surface area contributed by atoms with Crippen molar-refractivity contribution in [3.63, 3.8) is 0 Å². The van der Waals surface area contributed by atoms with Gasteiger partial charge in [0.05, 0.1) is 18.8 Å². The zero-order valence-electron chi connectivity index (χ0n) is 13.8.